The smallest absolute Gasteiger partial charge is 0.411 e. The van der Waals surface area contributed by atoms with Crippen LogP contribution in [0.3, 0.4) is 0 Å². The number of fused-ring (bicyclic) bond motifs is 1. The Bertz CT molecular complexity index is 710. The summed E-state index contributed by atoms with van der Waals surface area (Å²) in [5, 5.41) is 12.9. The fourth-order valence-electron chi connectivity index (χ4n) is 3.11. The lowest BCUT2D eigenvalue weighted by Gasteiger charge is -2.18. The molecular weight excluding hydrogens is 290 g/mol. The van der Waals surface area contributed by atoms with Crippen molar-refractivity contribution in [1.82, 2.24) is 0 Å². The third-order valence-electron chi connectivity index (χ3n) is 4.30. The largest absolute Gasteiger partial charge is 0.444 e. The van der Waals surface area contributed by atoms with Gasteiger partial charge < -0.3 is 9.84 Å². The second kappa shape index (κ2) is 6.05. The maximum Gasteiger partial charge on any atom is 0.411 e. The molecule has 0 spiro atoms. The molecule has 0 fully saturated rings. The summed E-state index contributed by atoms with van der Waals surface area (Å²) in [6.45, 7) is 4.46. The molecule has 120 valence electrons. The number of amides is 1. The van der Waals surface area contributed by atoms with Crippen molar-refractivity contribution in [3.05, 3.63) is 65.2 Å². The van der Waals surface area contributed by atoms with E-state index in [4.69, 9.17) is 4.74 Å². The molecule has 0 aliphatic heterocycles. The summed E-state index contributed by atoms with van der Waals surface area (Å²) >= 11 is 0. The van der Waals surface area contributed by atoms with Crippen LogP contribution >= 0.6 is 0 Å². The third-order valence-corrected chi connectivity index (χ3v) is 4.30. The number of hydrogen-bond donors (Lipinski definition) is 2. The zero-order valence-electron chi connectivity index (χ0n) is 13.4. The van der Waals surface area contributed by atoms with Gasteiger partial charge in [-0.1, -0.05) is 50.2 Å². The summed E-state index contributed by atoms with van der Waals surface area (Å²) in [7, 11) is 0. The number of nitrogens with one attached hydrogen (secondary N) is 1. The Balaban J connectivity index is 1.65. The van der Waals surface area contributed by atoms with Gasteiger partial charge in [0, 0.05) is 5.69 Å². The lowest BCUT2D eigenvalue weighted by atomic mass is 9.86. The minimum Gasteiger partial charge on any atom is -0.444 e. The average molecular weight is 311 g/mol. The van der Waals surface area contributed by atoms with E-state index in [0.29, 0.717) is 12.1 Å². The van der Waals surface area contributed by atoms with Crippen molar-refractivity contribution in [2.45, 2.75) is 38.4 Å². The Morgan fingerprint density at radius 2 is 2.00 bits per heavy atom. The number of carbonyl (C=O) groups excluding carboxylic acids is 1. The molecule has 4 heteroatoms. The topological polar surface area (TPSA) is 58.6 Å². The average Bonchev–Trinajstić information content (AvgIpc) is 2.75. The van der Waals surface area contributed by atoms with Gasteiger partial charge in [0.2, 0.25) is 0 Å². The van der Waals surface area contributed by atoms with Crippen LogP contribution in [0.15, 0.2) is 48.5 Å². The van der Waals surface area contributed by atoms with Gasteiger partial charge in [0.25, 0.3) is 0 Å². The Hall–Kier alpha value is -2.33. The summed E-state index contributed by atoms with van der Waals surface area (Å²) in [5.41, 5.74) is 3.55. The molecule has 0 saturated heterocycles. The summed E-state index contributed by atoms with van der Waals surface area (Å²) in [4.78, 5) is 11.9. The minimum atomic E-state index is -0.499. The number of carbonyl (C=O) groups is 1. The van der Waals surface area contributed by atoms with Crippen LogP contribution in [-0.2, 0) is 16.8 Å². The fourth-order valence-corrected chi connectivity index (χ4v) is 3.11. The molecular formula is C19H21NO3. The van der Waals surface area contributed by atoms with E-state index >= 15 is 0 Å². The molecule has 2 aromatic rings. The molecule has 4 nitrogen and oxygen atoms in total. The van der Waals surface area contributed by atoms with Crippen molar-refractivity contribution in [1.29, 1.82) is 0 Å². The van der Waals surface area contributed by atoms with Crippen LogP contribution in [0.2, 0.25) is 0 Å². The second-order valence-corrected chi connectivity index (χ2v) is 6.59. The van der Waals surface area contributed by atoms with E-state index in [1.54, 1.807) is 0 Å². The van der Waals surface area contributed by atoms with Gasteiger partial charge in [-0.05, 0) is 40.7 Å². The highest BCUT2D eigenvalue weighted by molar-refractivity contribution is 5.84. The highest BCUT2D eigenvalue weighted by atomic mass is 16.5. The van der Waals surface area contributed by atoms with Crippen molar-refractivity contribution >= 4 is 11.8 Å². The summed E-state index contributed by atoms with van der Waals surface area (Å²) in [6.07, 6.45) is -0.285. The van der Waals surface area contributed by atoms with Gasteiger partial charge in [0.15, 0.2) is 0 Å². The van der Waals surface area contributed by atoms with Gasteiger partial charge in [-0.3, -0.25) is 5.32 Å². The van der Waals surface area contributed by atoms with Crippen molar-refractivity contribution in [3.63, 3.8) is 0 Å². The Morgan fingerprint density at radius 1 is 1.26 bits per heavy atom. The van der Waals surface area contributed by atoms with Crippen LogP contribution in [0.25, 0.3) is 0 Å². The minimum absolute atomic E-state index is 0.0406. The molecule has 2 N–H and O–H groups in total. The van der Waals surface area contributed by atoms with E-state index < -0.39 is 12.2 Å². The lowest BCUT2D eigenvalue weighted by Crippen LogP contribution is -2.14. The standard InChI is InChI=1S/C19H21NO3/c1-19(2)11-17(21)15-10-14(8-9-16(15)19)20-18(22)23-12-13-6-4-3-5-7-13/h3-10,17,21H,11-12H2,1-2H3,(H,20,22). The highest BCUT2D eigenvalue weighted by Gasteiger charge is 2.35. The molecule has 0 bridgehead atoms. The van der Waals surface area contributed by atoms with Gasteiger partial charge in [-0.2, -0.15) is 0 Å². The number of ether oxygens (including phenoxy) is 1. The van der Waals surface area contributed by atoms with E-state index in [1.807, 2.05) is 48.5 Å². The first-order valence-corrected chi connectivity index (χ1v) is 7.76. The van der Waals surface area contributed by atoms with E-state index in [-0.39, 0.29) is 12.0 Å². The summed E-state index contributed by atoms with van der Waals surface area (Å²) in [5.74, 6) is 0. The number of hydrogen-bond acceptors (Lipinski definition) is 3. The number of rotatable bonds is 3. The number of aliphatic hydroxyl groups excluding tert-OH is 1. The van der Waals surface area contributed by atoms with Crippen LogP contribution in [-0.4, -0.2) is 11.2 Å². The molecule has 1 unspecified atom stereocenters. The fraction of sp³-hybridized carbons (Fsp3) is 0.316. The van der Waals surface area contributed by atoms with E-state index in [9.17, 15) is 9.90 Å². The quantitative estimate of drug-likeness (QED) is 0.895. The zero-order chi connectivity index (χ0) is 16.4. The zero-order valence-corrected chi connectivity index (χ0v) is 13.4. The van der Waals surface area contributed by atoms with Gasteiger partial charge in [-0.15, -0.1) is 0 Å². The Labute approximate surface area is 136 Å². The van der Waals surface area contributed by atoms with Crippen LogP contribution in [0, 0.1) is 0 Å². The molecule has 0 aromatic heterocycles. The van der Waals surface area contributed by atoms with Crippen LogP contribution in [0.4, 0.5) is 10.5 Å². The van der Waals surface area contributed by atoms with Crippen LogP contribution < -0.4 is 5.32 Å². The molecule has 0 radical (unpaired) electrons. The molecule has 0 saturated carbocycles. The Kier molecular flexibility index (Phi) is 4.09. The van der Waals surface area contributed by atoms with Crippen molar-refractivity contribution in [2.24, 2.45) is 0 Å². The number of aliphatic hydroxyl groups is 1. The summed E-state index contributed by atoms with van der Waals surface area (Å²) < 4.78 is 5.21. The monoisotopic (exact) mass is 311 g/mol. The molecule has 1 aliphatic rings. The van der Waals surface area contributed by atoms with Crippen LogP contribution in [0.5, 0.6) is 0 Å². The maximum atomic E-state index is 11.9. The van der Waals surface area contributed by atoms with E-state index in [1.165, 1.54) is 0 Å². The maximum absolute atomic E-state index is 11.9. The molecule has 1 aliphatic carbocycles. The third kappa shape index (κ3) is 3.37. The lowest BCUT2D eigenvalue weighted by molar-refractivity contribution is 0.155. The normalized spacial score (nSPS) is 18.3. The number of anilines is 1. The first-order valence-electron chi connectivity index (χ1n) is 7.76. The predicted octanol–water partition coefficient (Wildman–Crippen LogP) is 4.15. The highest BCUT2D eigenvalue weighted by Crippen LogP contribution is 2.45. The van der Waals surface area contributed by atoms with E-state index in [0.717, 1.165) is 16.7 Å². The predicted molar refractivity (Wildman–Crippen MR) is 89.3 cm³/mol. The second-order valence-electron chi connectivity index (χ2n) is 6.59. The van der Waals surface area contributed by atoms with Gasteiger partial charge >= 0.3 is 6.09 Å². The molecule has 3 rings (SSSR count). The molecule has 1 amide bonds. The molecule has 0 heterocycles. The SMILES string of the molecule is CC1(C)CC(O)c2cc(NC(=O)OCc3ccccc3)ccc21. The first kappa shape index (κ1) is 15.6. The van der Waals surface area contributed by atoms with E-state index in [2.05, 4.69) is 19.2 Å². The van der Waals surface area contributed by atoms with Gasteiger partial charge in [0.05, 0.1) is 6.10 Å². The molecule has 1 atom stereocenters. The molecule has 2 aromatic carbocycles. The molecule has 23 heavy (non-hydrogen) atoms. The van der Waals surface area contributed by atoms with Gasteiger partial charge in [0.1, 0.15) is 6.61 Å². The number of benzene rings is 2. The summed E-state index contributed by atoms with van der Waals surface area (Å²) in [6, 6.07) is 15.2. The van der Waals surface area contributed by atoms with Crippen LogP contribution in [0.1, 0.15) is 43.1 Å². The van der Waals surface area contributed by atoms with Crippen molar-refractivity contribution in [3.8, 4) is 0 Å². The first-order chi connectivity index (χ1) is 11.0. The van der Waals surface area contributed by atoms with Crippen molar-refractivity contribution in [2.75, 3.05) is 5.32 Å². The van der Waals surface area contributed by atoms with Gasteiger partial charge in [-0.25, -0.2) is 4.79 Å². The Morgan fingerprint density at radius 3 is 2.74 bits per heavy atom. The van der Waals surface area contributed by atoms with Crippen molar-refractivity contribution < 1.29 is 14.6 Å².